The van der Waals surface area contributed by atoms with Crippen LogP contribution in [0.2, 0.25) is 0 Å². The fourth-order valence-corrected chi connectivity index (χ4v) is 2.47. The number of benzene rings is 1. The minimum atomic E-state index is -0.842. The average Bonchev–Trinajstić information content (AvgIpc) is 2.66. The summed E-state index contributed by atoms with van der Waals surface area (Å²) in [7, 11) is 0. The largest absolute Gasteiger partial charge is 0.324 e. The molecular weight excluding hydrogens is 354 g/mol. The molecule has 27 heavy (non-hydrogen) atoms. The number of hydrogen-bond acceptors (Lipinski definition) is 4. The van der Waals surface area contributed by atoms with E-state index in [4.69, 9.17) is 0 Å². The van der Waals surface area contributed by atoms with Crippen LogP contribution in [0.25, 0.3) is 11.3 Å². The summed E-state index contributed by atoms with van der Waals surface area (Å²) >= 11 is 0. The molecule has 0 unspecified atom stereocenters. The second-order valence-corrected chi connectivity index (χ2v) is 5.80. The van der Waals surface area contributed by atoms with Crippen LogP contribution >= 0.6 is 0 Å². The smallest absolute Gasteiger partial charge is 0.266 e. The van der Waals surface area contributed by atoms with Crippen LogP contribution in [0.5, 0.6) is 0 Å². The van der Waals surface area contributed by atoms with Gasteiger partial charge in [0.25, 0.3) is 5.56 Å². The maximum atomic E-state index is 13.5. The first-order valence-corrected chi connectivity index (χ1v) is 8.26. The first-order valence-electron chi connectivity index (χ1n) is 8.26. The lowest BCUT2D eigenvalue weighted by atomic mass is 10.2. The minimum Gasteiger partial charge on any atom is -0.324 e. The molecule has 1 amide bonds. The van der Waals surface area contributed by atoms with Crippen LogP contribution in [-0.2, 0) is 11.3 Å². The zero-order valence-electron chi connectivity index (χ0n) is 14.2. The van der Waals surface area contributed by atoms with Gasteiger partial charge in [-0.15, -0.1) is 0 Å². The van der Waals surface area contributed by atoms with Gasteiger partial charge in [-0.25, -0.2) is 13.5 Å². The minimum absolute atomic E-state index is 0.0576. The highest BCUT2D eigenvalue weighted by Crippen LogP contribution is 2.15. The van der Waals surface area contributed by atoms with Crippen LogP contribution in [0.4, 0.5) is 14.5 Å². The van der Waals surface area contributed by atoms with Gasteiger partial charge in [0.05, 0.1) is 11.4 Å². The van der Waals surface area contributed by atoms with Gasteiger partial charge in [-0.2, -0.15) is 5.10 Å². The topological polar surface area (TPSA) is 76.9 Å². The van der Waals surface area contributed by atoms with Crippen LogP contribution in [0.3, 0.4) is 0 Å². The van der Waals surface area contributed by atoms with Crippen molar-refractivity contribution in [1.82, 2.24) is 14.8 Å². The van der Waals surface area contributed by atoms with Gasteiger partial charge < -0.3 is 5.32 Å². The number of nitrogens with zero attached hydrogens (tertiary/aromatic N) is 3. The Bertz CT molecular complexity index is 1010. The van der Waals surface area contributed by atoms with Crippen molar-refractivity contribution >= 4 is 11.6 Å². The Morgan fingerprint density at radius 1 is 1.15 bits per heavy atom. The maximum absolute atomic E-state index is 13.5. The Morgan fingerprint density at radius 2 is 2.00 bits per heavy atom. The highest BCUT2D eigenvalue weighted by molar-refractivity contribution is 5.90. The molecule has 0 aliphatic rings. The van der Waals surface area contributed by atoms with Gasteiger partial charge in [-0.05, 0) is 36.8 Å². The predicted octanol–water partition coefficient (Wildman–Crippen LogP) is 3.00. The highest BCUT2D eigenvalue weighted by Gasteiger charge is 2.09. The molecule has 138 valence electrons. The third-order valence-corrected chi connectivity index (χ3v) is 3.80. The Kier molecular flexibility index (Phi) is 5.65. The molecule has 8 heteroatoms. The number of anilines is 1. The SMILES string of the molecule is O=C(CCCn1nc(-c2cccnc2)ccc1=O)Nc1ccc(F)cc1F. The molecule has 2 aromatic heterocycles. The Hall–Kier alpha value is -3.42. The van der Waals surface area contributed by atoms with E-state index in [2.05, 4.69) is 15.4 Å². The number of rotatable bonds is 6. The molecule has 0 fully saturated rings. The molecule has 0 saturated carbocycles. The zero-order valence-corrected chi connectivity index (χ0v) is 14.2. The van der Waals surface area contributed by atoms with E-state index in [1.54, 1.807) is 24.5 Å². The van der Waals surface area contributed by atoms with E-state index in [1.807, 2.05) is 6.07 Å². The Balaban J connectivity index is 1.60. The number of carbonyl (C=O) groups is 1. The molecule has 0 atom stereocenters. The third-order valence-electron chi connectivity index (χ3n) is 3.80. The monoisotopic (exact) mass is 370 g/mol. The average molecular weight is 370 g/mol. The standard InChI is InChI=1S/C19H16F2N4O2/c20-14-5-6-17(15(21)11-14)23-18(26)4-2-10-25-19(27)8-7-16(24-25)13-3-1-9-22-12-13/h1,3,5-9,11-12H,2,4,10H2,(H,23,26). The van der Waals surface area contributed by atoms with E-state index in [0.29, 0.717) is 18.2 Å². The first-order chi connectivity index (χ1) is 13.0. The number of amides is 1. The van der Waals surface area contributed by atoms with Gasteiger partial charge in [0.15, 0.2) is 0 Å². The van der Waals surface area contributed by atoms with Gasteiger partial charge in [-0.3, -0.25) is 14.6 Å². The van der Waals surface area contributed by atoms with Gasteiger partial charge in [-0.1, -0.05) is 0 Å². The second kappa shape index (κ2) is 8.31. The summed E-state index contributed by atoms with van der Waals surface area (Å²) in [6, 6.07) is 9.53. The molecule has 0 radical (unpaired) electrons. The number of pyridine rings is 1. The fourth-order valence-electron chi connectivity index (χ4n) is 2.47. The van der Waals surface area contributed by atoms with Crippen molar-refractivity contribution in [1.29, 1.82) is 0 Å². The molecule has 6 nitrogen and oxygen atoms in total. The number of hydrogen-bond donors (Lipinski definition) is 1. The van der Waals surface area contributed by atoms with E-state index in [-0.39, 0.29) is 24.2 Å². The van der Waals surface area contributed by atoms with Gasteiger partial charge >= 0.3 is 0 Å². The quantitative estimate of drug-likeness (QED) is 0.724. The van der Waals surface area contributed by atoms with Crippen LogP contribution in [0.1, 0.15) is 12.8 Å². The van der Waals surface area contributed by atoms with Crippen molar-refractivity contribution in [3.8, 4) is 11.3 Å². The summed E-state index contributed by atoms with van der Waals surface area (Å²) in [6.07, 6.45) is 3.67. The first kappa shape index (κ1) is 18.4. The molecule has 0 aliphatic heterocycles. The molecular formula is C19H16F2N4O2. The highest BCUT2D eigenvalue weighted by atomic mass is 19.1. The number of nitrogens with one attached hydrogen (secondary N) is 1. The van der Waals surface area contributed by atoms with Crippen LogP contribution in [-0.4, -0.2) is 20.7 Å². The summed E-state index contributed by atoms with van der Waals surface area (Å²) in [5, 5.41) is 6.66. The molecule has 3 aromatic rings. The normalized spacial score (nSPS) is 10.6. The van der Waals surface area contributed by atoms with Gasteiger partial charge in [0.2, 0.25) is 5.91 Å². The molecule has 1 aromatic carbocycles. The van der Waals surface area contributed by atoms with E-state index in [0.717, 1.165) is 17.7 Å². The van der Waals surface area contributed by atoms with Gasteiger partial charge in [0, 0.05) is 43.1 Å². The van der Waals surface area contributed by atoms with Crippen LogP contribution in [0.15, 0.2) is 59.7 Å². The molecule has 2 heterocycles. The molecule has 0 saturated heterocycles. The van der Waals surface area contributed by atoms with Crippen molar-refractivity contribution in [3.05, 3.63) is 76.8 Å². The van der Waals surface area contributed by atoms with Crippen molar-refractivity contribution < 1.29 is 13.6 Å². The lowest BCUT2D eigenvalue weighted by Gasteiger charge is -2.08. The second-order valence-electron chi connectivity index (χ2n) is 5.80. The summed E-state index contributed by atoms with van der Waals surface area (Å²) in [4.78, 5) is 27.9. The predicted molar refractivity (Wildman–Crippen MR) is 95.9 cm³/mol. The van der Waals surface area contributed by atoms with E-state index in [9.17, 15) is 18.4 Å². The number of carbonyl (C=O) groups excluding carboxylic acids is 1. The van der Waals surface area contributed by atoms with Crippen molar-refractivity contribution in [2.24, 2.45) is 0 Å². The fraction of sp³-hybridized carbons (Fsp3) is 0.158. The lowest BCUT2D eigenvalue weighted by Crippen LogP contribution is -2.23. The number of halogens is 2. The summed E-state index contributed by atoms with van der Waals surface area (Å²) in [5.41, 5.74) is 0.999. The van der Waals surface area contributed by atoms with Crippen molar-refractivity contribution in [3.63, 3.8) is 0 Å². The van der Waals surface area contributed by atoms with Gasteiger partial charge in [0.1, 0.15) is 11.6 Å². The van der Waals surface area contributed by atoms with E-state index < -0.39 is 17.5 Å². The Morgan fingerprint density at radius 3 is 2.74 bits per heavy atom. The summed E-state index contributed by atoms with van der Waals surface area (Å²) in [6.45, 7) is 0.228. The van der Waals surface area contributed by atoms with Crippen molar-refractivity contribution in [2.45, 2.75) is 19.4 Å². The van der Waals surface area contributed by atoms with Crippen LogP contribution in [0, 0.1) is 11.6 Å². The zero-order chi connectivity index (χ0) is 19.2. The summed E-state index contributed by atoms with van der Waals surface area (Å²) < 4.78 is 27.7. The summed E-state index contributed by atoms with van der Waals surface area (Å²) in [5.74, 6) is -1.99. The molecule has 0 spiro atoms. The van der Waals surface area contributed by atoms with Crippen LogP contribution < -0.4 is 10.9 Å². The Labute approximate surface area is 153 Å². The number of aryl methyl sites for hydroxylation is 1. The number of aromatic nitrogens is 3. The molecule has 3 rings (SSSR count). The maximum Gasteiger partial charge on any atom is 0.266 e. The third kappa shape index (κ3) is 4.81. The molecule has 1 N–H and O–H groups in total. The van der Waals surface area contributed by atoms with Crippen molar-refractivity contribution in [2.75, 3.05) is 5.32 Å². The molecule has 0 bridgehead atoms. The lowest BCUT2D eigenvalue weighted by molar-refractivity contribution is -0.116. The molecule has 0 aliphatic carbocycles. The van der Waals surface area contributed by atoms with E-state index >= 15 is 0 Å². The van der Waals surface area contributed by atoms with E-state index in [1.165, 1.54) is 10.7 Å².